The van der Waals surface area contributed by atoms with Crippen LogP contribution in [0.4, 0.5) is 5.69 Å². The van der Waals surface area contributed by atoms with Crippen molar-refractivity contribution in [2.24, 2.45) is 5.92 Å². The number of rotatable bonds is 5. The Balaban J connectivity index is 1.94. The summed E-state index contributed by atoms with van der Waals surface area (Å²) in [5, 5.41) is 3.97. The molecule has 0 saturated heterocycles. The van der Waals surface area contributed by atoms with Crippen LogP contribution >= 0.6 is 0 Å². The molecular formula is C14H19N3O. The van der Waals surface area contributed by atoms with Crippen molar-refractivity contribution in [1.82, 2.24) is 10.1 Å². The highest BCUT2D eigenvalue weighted by Crippen LogP contribution is 2.13. The van der Waals surface area contributed by atoms with Crippen molar-refractivity contribution < 1.29 is 4.52 Å². The molecule has 2 aromatic rings. The fourth-order valence-electron chi connectivity index (χ4n) is 1.84. The zero-order valence-corrected chi connectivity index (χ0v) is 10.9. The van der Waals surface area contributed by atoms with Crippen LogP contribution in [0.1, 0.15) is 31.1 Å². The third-order valence-electron chi connectivity index (χ3n) is 2.76. The van der Waals surface area contributed by atoms with Crippen LogP contribution in [-0.2, 0) is 19.3 Å². The molecule has 4 nitrogen and oxygen atoms in total. The lowest BCUT2D eigenvalue weighted by molar-refractivity contribution is 0.371. The maximum atomic E-state index is 5.89. The van der Waals surface area contributed by atoms with Crippen molar-refractivity contribution in [3.05, 3.63) is 41.5 Å². The van der Waals surface area contributed by atoms with Gasteiger partial charge in [-0.2, -0.15) is 4.98 Å². The molecule has 1 heterocycles. The van der Waals surface area contributed by atoms with Gasteiger partial charge in [0.15, 0.2) is 5.82 Å². The maximum Gasteiger partial charge on any atom is 0.226 e. The van der Waals surface area contributed by atoms with Crippen LogP contribution in [0.25, 0.3) is 0 Å². The van der Waals surface area contributed by atoms with Gasteiger partial charge in [0.2, 0.25) is 5.89 Å². The summed E-state index contributed by atoms with van der Waals surface area (Å²) in [7, 11) is 0. The maximum absolute atomic E-state index is 5.89. The predicted molar refractivity (Wildman–Crippen MR) is 71.1 cm³/mol. The minimum atomic E-state index is 0.542. The highest BCUT2D eigenvalue weighted by Gasteiger charge is 2.08. The van der Waals surface area contributed by atoms with Crippen LogP contribution in [-0.4, -0.2) is 10.1 Å². The van der Waals surface area contributed by atoms with E-state index >= 15 is 0 Å². The molecule has 1 aromatic carbocycles. The Morgan fingerprint density at radius 2 is 2.00 bits per heavy atom. The Morgan fingerprint density at radius 1 is 1.22 bits per heavy atom. The summed E-state index contributed by atoms with van der Waals surface area (Å²) in [5.41, 5.74) is 7.83. The molecule has 0 spiro atoms. The monoisotopic (exact) mass is 245 g/mol. The first kappa shape index (κ1) is 12.6. The Hall–Kier alpha value is -1.84. The molecule has 0 bridgehead atoms. The molecule has 1 aromatic heterocycles. The summed E-state index contributed by atoms with van der Waals surface area (Å²) in [5.74, 6) is 2.02. The van der Waals surface area contributed by atoms with Crippen molar-refractivity contribution in [3.63, 3.8) is 0 Å². The normalized spacial score (nSPS) is 11.1. The zero-order chi connectivity index (χ0) is 13.0. The SMILES string of the molecule is CC(C)Cc1noc(CCc2ccccc2N)n1. The van der Waals surface area contributed by atoms with E-state index in [2.05, 4.69) is 24.0 Å². The first-order chi connectivity index (χ1) is 8.65. The number of aryl methyl sites for hydroxylation is 2. The van der Waals surface area contributed by atoms with Gasteiger partial charge in [-0.05, 0) is 24.0 Å². The summed E-state index contributed by atoms with van der Waals surface area (Å²) < 4.78 is 5.23. The number of nitrogens with zero attached hydrogens (tertiary/aromatic N) is 2. The summed E-state index contributed by atoms with van der Waals surface area (Å²) in [6.07, 6.45) is 2.42. The molecule has 0 aliphatic rings. The molecule has 0 fully saturated rings. The van der Waals surface area contributed by atoms with E-state index in [1.54, 1.807) is 0 Å². The van der Waals surface area contributed by atoms with Gasteiger partial charge >= 0.3 is 0 Å². The highest BCUT2D eigenvalue weighted by molar-refractivity contribution is 5.46. The van der Waals surface area contributed by atoms with Gasteiger partial charge in [-0.3, -0.25) is 0 Å². The van der Waals surface area contributed by atoms with Gasteiger partial charge in [0, 0.05) is 18.5 Å². The van der Waals surface area contributed by atoms with Gasteiger partial charge < -0.3 is 10.3 Å². The molecule has 0 amide bonds. The number of hydrogen-bond acceptors (Lipinski definition) is 4. The van der Waals surface area contributed by atoms with E-state index in [9.17, 15) is 0 Å². The fourth-order valence-corrected chi connectivity index (χ4v) is 1.84. The van der Waals surface area contributed by atoms with Gasteiger partial charge in [0.05, 0.1) is 0 Å². The number of nitrogens with two attached hydrogens (primary N) is 1. The molecular weight excluding hydrogens is 226 g/mol. The fraction of sp³-hybridized carbons (Fsp3) is 0.429. The van der Waals surface area contributed by atoms with E-state index in [1.807, 2.05) is 24.3 Å². The zero-order valence-electron chi connectivity index (χ0n) is 10.9. The van der Waals surface area contributed by atoms with Crippen molar-refractivity contribution in [1.29, 1.82) is 0 Å². The Kier molecular flexibility index (Phi) is 3.97. The van der Waals surface area contributed by atoms with E-state index < -0.39 is 0 Å². The summed E-state index contributed by atoms with van der Waals surface area (Å²) in [4.78, 5) is 4.38. The number of nitrogen functional groups attached to an aromatic ring is 1. The van der Waals surface area contributed by atoms with Gasteiger partial charge in [-0.1, -0.05) is 37.2 Å². The van der Waals surface area contributed by atoms with Gasteiger partial charge in [0.25, 0.3) is 0 Å². The van der Waals surface area contributed by atoms with E-state index in [4.69, 9.17) is 10.3 Å². The van der Waals surface area contributed by atoms with Gasteiger partial charge in [0.1, 0.15) is 0 Å². The molecule has 0 aliphatic carbocycles. The van der Waals surface area contributed by atoms with E-state index in [0.29, 0.717) is 11.8 Å². The second-order valence-electron chi connectivity index (χ2n) is 4.90. The van der Waals surface area contributed by atoms with E-state index in [-0.39, 0.29) is 0 Å². The van der Waals surface area contributed by atoms with Gasteiger partial charge in [-0.15, -0.1) is 0 Å². The van der Waals surface area contributed by atoms with Crippen molar-refractivity contribution in [3.8, 4) is 0 Å². The predicted octanol–water partition coefficient (Wildman–Crippen LogP) is 2.64. The largest absolute Gasteiger partial charge is 0.399 e. The Labute approximate surface area is 107 Å². The third kappa shape index (κ3) is 3.32. The Bertz CT molecular complexity index is 505. The molecule has 0 radical (unpaired) electrons. The number of para-hydroxylation sites is 1. The lowest BCUT2D eigenvalue weighted by Crippen LogP contribution is -1.98. The van der Waals surface area contributed by atoms with Gasteiger partial charge in [-0.25, -0.2) is 0 Å². The second-order valence-corrected chi connectivity index (χ2v) is 4.90. The molecule has 4 heteroatoms. The molecule has 0 atom stereocenters. The van der Waals surface area contributed by atoms with Crippen LogP contribution in [0, 0.1) is 5.92 Å². The smallest absolute Gasteiger partial charge is 0.226 e. The Morgan fingerprint density at radius 3 is 2.72 bits per heavy atom. The summed E-state index contributed by atoms with van der Waals surface area (Å²) in [6.45, 7) is 4.28. The third-order valence-corrected chi connectivity index (χ3v) is 2.76. The molecule has 0 unspecified atom stereocenters. The molecule has 18 heavy (non-hydrogen) atoms. The lowest BCUT2D eigenvalue weighted by atomic mass is 10.1. The van der Waals surface area contributed by atoms with Crippen LogP contribution in [0.15, 0.2) is 28.8 Å². The quantitative estimate of drug-likeness (QED) is 0.822. The van der Waals surface area contributed by atoms with E-state index in [1.165, 1.54) is 0 Å². The number of anilines is 1. The van der Waals surface area contributed by atoms with E-state index in [0.717, 1.165) is 36.3 Å². The van der Waals surface area contributed by atoms with Crippen LogP contribution in [0.3, 0.4) is 0 Å². The average molecular weight is 245 g/mol. The van der Waals surface area contributed by atoms with Crippen molar-refractivity contribution >= 4 is 5.69 Å². The van der Waals surface area contributed by atoms with Crippen LogP contribution in [0.2, 0.25) is 0 Å². The first-order valence-corrected chi connectivity index (χ1v) is 6.30. The average Bonchev–Trinajstić information content (AvgIpc) is 2.75. The number of hydrogen-bond donors (Lipinski definition) is 1. The first-order valence-electron chi connectivity index (χ1n) is 6.30. The minimum Gasteiger partial charge on any atom is -0.399 e. The van der Waals surface area contributed by atoms with Crippen molar-refractivity contribution in [2.75, 3.05) is 5.73 Å². The lowest BCUT2D eigenvalue weighted by Gasteiger charge is -2.02. The molecule has 0 saturated carbocycles. The molecule has 0 aliphatic heterocycles. The number of benzene rings is 1. The molecule has 96 valence electrons. The topological polar surface area (TPSA) is 64.9 Å². The van der Waals surface area contributed by atoms with Crippen LogP contribution in [0.5, 0.6) is 0 Å². The molecule has 2 N–H and O–H groups in total. The van der Waals surface area contributed by atoms with Crippen molar-refractivity contribution in [2.45, 2.75) is 33.1 Å². The standard InChI is InChI=1S/C14H19N3O/c1-10(2)9-13-16-14(18-17-13)8-7-11-5-3-4-6-12(11)15/h3-6,10H,7-9,15H2,1-2H3. The minimum absolute atomic E-state index is 0.542. The highest BCUT2D eigenvalue weighted by atomic mass is 16.5. The number of aromatic nitrogens is 2. The molecule has 2 rings (SSSR count). The summed E-state index contributed by atoms with van der Waals surface area (Å²) >= 11 is 0. The summed E-state index contributed by atoms with van der Waals surface area (Å²) in [6, 6.07) is 7.87. The van der Waals surface area contributed by atoms with Crippen LogP contribution < -0.4 is 5.73 Å². The second kappa shape index (κ2) is 5.67.